The van der Waals surface area contributed by atoms with Crippen molar-refractivity contribution in [2.24, 2.45) is 0 Å². The fraction of sp³-hybridized carbons (Fsp3) is 0.214. The van der Waals surface area contributed by atoms with E-state index in [1.807, 2.05) is 6.92 Å². The Morgan fingerprint density at radius 1 is 1.00 bits per heavy atom. The molecule has 37 heavy (non-hydrogen) atoms. The highest BCUT2D eigenvalue weighted by Crippen LogP contribution is 2.39. The van der Waals surface area contributed by atoms with E-state index in [4.69, 9.17) is 0 Å². The molecule has 3 aromatic carbocycles. The molecule has 0 atom stereocenters. The van der Waals surface area contributed by atoms with E-state index in [2.05, 4.69) is 0 Å². The molecule has 0 unspecified atom stereocenters. The average Bonchev–Trinajstić information content (AvgIpc) is 3.61. The molecule has 4 aromatic rings. The van der Waals surface area contributed by atoms with Crippen molar-refractivity contribution >= 4 is 26.9 Å². The van der Waals surface area contributed by atoms with Gasteiger partial charge in [-0.05, 0) is 66.8 Å². The number of carbonyl (C=O) groups is 1. The number of aryl methyl sites for hydroxylation is 1. The summed E-state index contributed by atoms with van der Waals surface area (Å²) in [5.41, 5.74) is 2.83. The van der Waals surface area contributed by atoms with Crippen LogP contribution in [-0.4, -0.2) is 28.4 Å². The number of aromatic carboxylic acids is 1. The highest BCUT2D eigenvalue weighted by atomic mass is 32.2. The van der Waals surface area contributed by atoms with Gasteiger partial charge >= 0.3 is 5.97 Å². The van der Waals surface area contributed by atoms with E-state index in [-0.39, 0.29) is 40.5 Å². The molecule has 0 amide bonds. The van der Waals surface area contributed by atoms with Gasteiger partial charge < -0.3 is 9.67 Å². The highest BCUT2D eigenvalue weighted by Gasteiger charge is 2.31. The van der Waals surface area contributed by atoms with Crippen LogP contribution in [0.2, 0.25) is 0 Å². The third-order valence-corrected chi connectivity index (χ3v) is 8.97. The number of rotatable bonds is 5. The molecule has 0 radical (unpaired) electrons. The van der Waals surface area contributed by atoms with Crippen LogP contribution in [0.4, 0.5) is 4.39 Å². The van der Waals surface area contributed by atoms with E-state index in [0.29, 0.717) is 11.1 Å². The standard InChI is InChI=1S/C28H23FN2O5S/c1-16-2-8-21(9-3-16)37(35,36)30-13-18-5-4-17(10-19(18)14-30)22-12-26-23(11-25(22)29)27(32)24(28(33)34)15-31(26)20-6-7-20/h2-5,8-12,15,20H,6-7,13-14H2,1H3,(H,33,34). The number of carboxylic acid groups (broad SMARTS) is 1. The third kappa shape index (κ3) is 3.95. The summed E-state index contributed by atoms with van der Waals surface area (Å²) in [5, 5.41) is 9.48. The predicted octanol–water partition coefficient (Wildman–Crippen LogP) is 4.85. The van der Waals surface area contributed by atoms with Gasteiger partial charge in [0.2, 0.25) is 15.5 Å². The van der Waals surface area contributed by atoms with E-state index in [9.17, 15) is 23.1 Å². The van der Waals surface area contributed by atoms with Crippen LogP contribution in [0.1, 0.15) is 45.9 Å². The zero-order valence-electron chi connectivity index (χ0n) is 19.9. The lowest BCUT2D eigenvalue weighted by Gasteiger charge is -2.15. The summed E-state index contributed by atoms with van der Waals surface area (Å²) in [7, 11) is -3.69. The first-order valence-corrected chi connectivity index (χ1v) is 13.4. The monoisotopic (exact) mass is 518 g/mol. The van der Waals surface area contributed by atoms with Gasteiger partial charge in [-0.1, -0.05) is 29.8 Å². The normalized spacial score (nSPS) is 15.7. The number of sulfonamides is 1. The second-order valence-corrected chi connectivity index (χ2v) is 11.7. The molecule has 1 fully saturated rings. The number of aromatic nitrogens is 1. The van der Waals surface area contributed by atoms with Gasteiger partial charge in [-0.25, -0.2) is 17.6 Å². The largest absolute Gasteiger partial charge is 0.477 e. The molecule has 1 aliphatic carbocycles. The van der Waals surface area contributed by atoms with Gasteiger partial charge in [0.25, 0.3) is 0 Å². The van der Waals surface area contributed by atoms with Crippen LogP contribution in [-0.2, 0) is 23.1 Å². The van der Waals surface area contributed by atoms with E-state index < -0.39 is 27.2 Å². The van der Waals surface area contributed by atoms with Crippen LogP contribution in [0, 0.1) is 12.7 Å². The molecule has 7 nitrogen and oxygen atoms in total. The third-order valence-electron chi connectivity index (χ3n) is 7.16. The molecule has 6 rings (SSSR count). The van der Waals surface area contributed by atoms with Crippen molar-refractivity contribution in [1.29, 1.82) is 0 Å². The zero-order valence-corrected chi connectivity index (χ0v) is 20.8. The molecule has 1 saturated carbocycles. The van der Waals surface area contributed by atoms with Crippen LogP contribution in [0.25, 0.3) is 22.0 Å². The minimum Gasteiger partial charge on any atom is -0.477 e. The van der Waals surface area contributed by atoms with Gasteiger partial charge in [0.1, 0.15) is 11.4 Å². The Bertz CT molecular complexity index is 1770. The van der Waals surface area contributed by atoms with Gasteiger partial charge in [-0.15, -0.1) is 0 Å². The Hall–Kier alpha value is -3.82. The van der Waals surface area contributed by atoms with Gasteiger partial charge in [0.05, 0.1) is 10.4 Å². The predicted molar refractivity (Wildman–Crippen MR) is 136 cm³/mol. The van der Waals surface area contributed by atoms with E-state index >= 15 is 4.39 Å². The minimum atomic E-state index is -3.69. The summed E-state index contributed by atoms with van der Waals surface area (Å²) in [6.45, 7) is 2.29. The van der Waals surface area contributed by atoms with Gasteiger partial charge in [-0.3, -0.25) is 4.79 Å². The first kappa shape index (κ1) is 23.6. The number of hydrogen-bond acceptors (Lipinski definition) is 4. The van der Waals surface area contributed by atoms with Crippen molar-refractivity contribution in [1.82, 2.24) is 8.87 Å². The molecular weight excluding hydrogens is 495 g/mol. The van der Waals surface area contributed by atoms with Crippen LogP contribution < -0.4 is 5.43 Å². The van der Waals surface area contributed by atoms with Crippen molar-refractivity contribution in [2.45, 2.75) is 43.8 Å². The maximum absolute atomic E-state index is 15.3. The second-order valence-electron chi connectivity index (χ2n) is 9.73. The molecule has 1 aromatic heterocycles. The average molecular weight is 519 g/mol. The lowest BCUT2D eigenvalue weighted by Crippen LogP contribution is -2.25. The van der Waals surface area contributed by atoms with Crippen LogP contribution >= 0.6 is 0 Å². The van der Waals surface area contributed by atoms with Gasteiger partial charge in [0.15, 0.2) is 0 Å². The maximum Gasteiger partial charge on any atom is 0.341 e. The highest BCUT2D eigenvalue weighted by molar-refractivity contribution is 7.89. The Kier molecular flexibility index (Phi) is 5.32. The molecule has 188 valence electrons. The van der Waals surface area contributed by atoms with Crippen molar-refractivity contribution in [3.63, 3.8) is 0 Å². The fourth-order valence-electron chi connectivity index (χ4n) is 4.96. The van der Waals surface area contributed by atoms with Crippen molar-refractivity contribution in [2.75, 3.05) is 0 Å². The molecule has 1 aliphatic heterocycles. The Balaban J connectivity index is 1.40. The Labute approximate surface area is 212 Å². The summed E-state index contributed by atoms with van der Waals surface area (Å²) >= 11 is 0. The smallest absolute Gasteiger partial charge is 0.341 e. The SMILES string of the molecule is Cc1ccc(S(=O)(=O)N2Cc3ccc(-c4cc5c(cc4F)c(=O)c(C(=O)O)cn5C4CC4)cc3C2)cc1. The minimum absolute atomic E-state index is 0.0320. The maximum atomic E-state index is 15.3. The molecule has 0 saturated heterocycles. The van der Waals surface area contributed by atoms with Crippen LogP contribution in [0.15, 0.2) is 70.5 Å². The molecule has 0 bridgehead atoms. The van der Waals surface area contributed by atoms with Gasteiger partial charge in [-0.2, -0.15) is 4.31 Å². The lowest BCUT2D eigenvalue weighted by atomic mass is 9.98. The summed E-state index contributed by atoms with van der Waals surface area (Å²) in [4.78, 5) is 24.6. The van der Waals surface area contributed by atoms with Crippen LogP contribution in [0.3, 0.4) is 0 Å². The molecule has 1 N–H and O–H groups in total. The molecule has 2 aliphatic rings. The number of nitrogens with zero attached hydrogens (tertiary/aromatic N) is 2. The van der Waals surface area contributed by atoms with E-state index in [0.717, 1.165) is 35.6 Å². The number of hydrogen-bond donors (Lipinski definition) is 1. The fourth-order valence-corrected chi connectivity index (χ4v) is 6.35. The van der Waals surface area contributed by atoms with Crippen molar-refractivity contribution in [3.05, 3.63) is 99.1 Å². The second kappa shape index (κ2) is 8.36. The molecule has 9 heteroatoms. The van der Waals surface area contributed by atoms with Crippen molar-refractivity contribution in [3.8, 4) is 11.1 Å². The van der Waals surface area contributed by atoms with Crippen LogP contribution in [0.5, 0.6) is 0 Å². The number of benzene rings is 3. The summed E-state index contributed by atoms with van der Waals surface area (Å²) < 4.78 is 44.8. The molecule has 0 spiro atoms. The van der Waals surface area contributed by atoms with Crippen molar-refractivity contribution < 1.29 is 22.7 Å². The summed E-state index contributed by atoms with van der Waals surface area (Å²) in [6.07, 6.45) is 3.06. The Morgan fingerprint density at radius 3 is 2.38 bits per heavy atom. The molecular formula is C28H23FN2O5S. The summed E-state index contributed by atoms with van der Waals surface area (Å²) in [5.74, 6) is -1.98. The number of halogens is 1. The van der Waals surface area contributed by atoms with E-state index in [1.165, 1.54) is 10.5 Å². The number of carboxylic acids is 1. The summed E-state index contributed by atoms with van der Waals surface area (Å²) in [6, 6.07) is 14.8. The topological polar surface area (TPSA) is 96.7 Å². The lowest BCUT2D eigenvalue weighted by molar-refractivity contribution is 0.0694. The quantitative estimate of drug-likeness (QED) is 0.407. The first-order chi connectivity index (χ1) is 17.6. The number of pyridine rings is 1. The number of fused-ring (bicyclic) bond motifs is 2. The van der Waals surface area contributed by atoms with E-state index in [1.54, 1.807) is 53.1 Å². The Morgan fingerprint density at radius 2 is 1.70 bits per heavy atom. The van der Waals surface area contributed by atoms with Gasteiger partial charge in [0, 0.05) is 36.3 Å². The zero-order chi connectivity index (χ0) is 26.1. The first-order valence-electron chi connectivity index (χ1n) is 11.9. The molecule has 2 heterocycles.